The number of rotatable bonds is 3. The van der Waals surface area contributed by atoms with Gasteiger partial charge in [-0.1, -0.05) is 0 Å². The van der Waals surface area contributed by atoms with Crippen molar-refractivity contribution in [1.29, 1.82) is 0 Å². The minimum absolute atomic E-state index is 0.00887. The van der Waals surface area contributed by atoms with E-state index in [9.17, 15) is 8.42 Å². The molecule has 0 saturated carbocycles. The molecule has 6 nitrogen and oxygen atoms in total. The number of sulfonamides is 1. The maximum absolute atomic E-state index is 12.7. The standard InChI is InChI=1S/C12H19BrN4O2S/c1-16-5-3-10(4-6-16)17(2)20(18,19)11-7-9(13)8-15-12(11)14/h7-8,10H,3-6H2,1-2H3,(H2,14,15). The monoisotopic (exact) mass is 362 g/mol. The Labute approximate surface area is 128 Å². The average molecular weight is 363 g/mol. The maximum Gasteiger partial charge on any atom is 0.246 e. The van der Waals surface area contributed by atoms with Crippen LogP contribution in [0.1, 0.15) is 12.8 Å². The van der Waals surface area contributed by atoms with Crippen molar-refractivity contribution in [3.63, 3.8) is 0 Å². The summed E-state index contributed by atoms with van der Waals surface area (Å²) in [5.74, 6) is 0.0352. The lowest BCUT2D eigenvalue weighted by Crippen LogP contribution is -2.44. The van der Waals surface area contributed by atoms with E-state index in [1.807, 2.05) is 7.05 Å². The minimum Gasteiger partial charge on any atom is -0.383 e. The highest BCUT2D eigenvalue weighted by molar-refractivity contribution is 9.10. The molecular weight excluding hydrogens is 344 g/mol. The second kappa shape index (κ2) is 5.97. The number of pyridine rings is 1. The van der Waals surface area contributed by atoms with Gasteiger partial charge in [-0.2, -0.15) is 4.31 Å². The summed E-state index contributed by atoms with van der Waals surface area (Å²) < 4.78 is 27.3. The highest BCUT2D eigenvalue weighted by Gasteiger charge is 2.31. The summed E-state index contributed by atoms with van der Waals surface area (Å²) in [6.45, 7) is 1.80. The van der Waals surface area contributed by atoms with Gasteiger partial charge < -0.3 is 10.6 Å². The maximum atomic E-state index is 12.7. The molecule has 1 aromatic rings. The van der Waals surface area contributed by atoms with Gasteiger partial charge in [-0.15, -0.1) is 0 Å². The topological polar surface area (TPSA) is 79.5 Å². The first kappa shape index (κ1) is 15.7. The van der Waals surface area contributed by atoms with Crippen LogP contribution in [-0.2, 0) is 10.0 Å². The van der Waals surface area contributed by atoms with E-state index in [1.54, 1.807) is 7.05 Å². The molecule has 0 bridgehead atoms. The largest absolute Gasteiger partial charge is 0.383 e. The number of piperidine rings is 1. The van der Waals surface area contributed by atoms with Gasteiger partial charge in [0.2, 0.25) is 10.0 Å². The van der Waals surface area contributed by atoms with E-state index in [4.69, 9.17) is 5.73 Å². The summed E-state index contributed by atoms with van der Waals surface area (Å²) in [5, 5.41) is 0. The fourth-order valence-electron chi connectivity index (χ4n) is 2.35. The molecule has 2 rings (SSSR count). The lowest BCUT2D eigenvalue weighted by molar-refractivity contribution is 0.197. The number of nitrogens with two attached hydrogens (primary N) is 1. The summed E-state index contributed by atoms with van der Waals surface area (Å²) in [5.41, 5.74) is 5.72. The predicted molar refractivity (Wildman–Crippen MR) is 81.8 cm³/mol. The normalized spacial score (nSPS) is 18.6. The van der Waals surface area contributed by atoms with Crippen LogP contribution < -0.4 is 5.73 Å². The van der Waals surface area contributed by atoms with E-state index in [2.05, 4.69) is 25.8 Å². The lowest BCUT2D eigenvalue weighted by atomic mass is 10.1. The van der Waals surface area contributed by atoms with Crippen LogP contribution in [0.3, 0.4) is 0 Å². The van der Waals surface area contributed by atoms with Crippen molar-refractivity contribution < 1.29 is 8.42 Å². The zero-order valence-electron chi connectivity index (χ0n) is 11.6. The molecule has 112 valence electrons. The van der Waals surface area contributed by atoms with Crippen molar-refractivity contribution in [2.75, 3.05) is 32.9 Å². The van der Waals surface area contributed by atoms with Gasteiger partial charge in [-0.05, 0) is 55.0 Å². The Morgan fingerprint density at radius 2 is 2.05 bits per heavy atom. The molecule has 0 unspecified atom stereocenters. The molecule has 0 atom stereocenters. The number of likely N-dealkylation sites (tertiary alicyclic amines) is 1. The average Bonchev–Trinajstić information content (AvgIpc) is 2.41. The highest BCUT2D eigenvalue weighted by Crippen LogP contribution is 2.26. The summed E-state index contributed by atoms with van der Waals surface area (Å²) >= 11 is 3.23. The van der Waals surface area contributed by atoms with Crippen LogP contribution in [0.15, 0.2) is 21.6 Å². The van der Waals surface area contributed by atoms with E-state index < -0.39 is 10.0 Å². The van der Waals surface area contributed by atoms with E-state index in [0.717, 1.165) is 25.9 Å². The van der Waals surface area contributed by atoms with Crippen LogP contribution in [0.5, 0.6) is 0 Å². The Kier molecular flexibility index (Phi) is 4.68. The SMILES string of the molecule is CN1CCC(N(C)S(=O)(=O)c2cc(Br)cnc2N)CC1. The molecule has 0 aromatic carbocycles. The molecule has 2 N–H and O–H groups in total. The highest BCUT2D eigenvalue weighted by atomic mass is 79.9. The van der Waals surface area contributed by atoms with Crippen molar-refractivity contribution in [2.24, 2.45) is 0 Å². The van der Waals surface area contributed by atoms with E-state index in [1.165, 1.54) is 16.6 Å². The summed E-state index contributed by atoms with van der Waals surface area (Å²) in [6, 6.07) is 1.51. The molecule has 1 saturated heterocycles. The van der Waals surface area contributed by atoms with Crippen LogP contribution >= 0.6 is 15.9 Å². The van der Waals surface area contributed by atoms with Crippen LogP contribution in [-0.4, -0.2) is 55.8 Å². The first-order valence-electron chi connectivity index (χ1n) is 6.40. The number of hydrogen-bond donors (Lipinski definition) is 1. The van der Waals surface area contributed by atoms with Gasteiger partial charge in [0.15, 0.2) is 0 Å². The van der Waals surface area contributed by atoms with Gasteiger partial charge in [0.05, 0.1) is 0 Å². The summed E-state index contributed by atoms with van der Waals surface area (Å²) in [4.78, 5) is 6.16. The molecule has 1 aliphatic heterocycles. The molecule has 2 heterocycles. The van der Waals surface area contributed by atoms with Gasteiger partial charge in [0.25, 0.3) is 0 Å². The van der Waals surface area contributed by atoms with Crippen molar-refractivity contribution in [3.8, 4) is 0 Å². The van der Waals surface area contributed by atoms with Crippen molar-refractivity contribution in [3.05, 3.63) is 16.7 Å². The molecule has 0 aliphatic carbocycles. The predicted octanol–water partition coefficient (Wildman–Crippen LogP) is 1.14. The summed E-state index contributed by atoms with van der Waals surface area (Å²) in [6.07, 6.45) is 3.14. The van der Waals surface area contributed by atoms with Gasteiger partial charge in [-0.25, -0.2) is 13.4 Å². The Balaban J connectivity index is 2.27. The third-order valence-electron chi connectivity index (χ3n) is 3.71. The smallest absolute Gasteiger partial charge is 0.246 e. The Hall–Kier alpha value is -0.700. The first-order chi connectivity index (χ1) is 9.32. The molecule has 20 heavy (non-hydrogen) atoms. The van der Waals surface area contributed by atoms with Gasteiger partial charge >= 0.3 is 0 Å². The molecular formula is C12H19BrN4O2S. The molecule has 0 amide bonds. The summed E-state index contributed by atoms with van der Waals surface area (Å²) in [7, 11) is 0.0474. The van der Waals surface area contributed by atoms with E-state index >= 15 is 0 Å². The molecule has 1 aliphatic rings. The quantitative estimate of drug-likeness (QED) is 0.871. The lowest BCUT2D eigenvalue weighted by Gasteiger charge is -2.34. The minimum atomic E-state index is -3.61. The third-order valence-corrected chi connectivity index (χ3v) is 6.08. The van der Waals surface area contributed by atoms with Crippen molar-refractivity contribution >= 4 is 31.8 Å². The van der Waals surface area contributed by atoms with Gasteiger partial charge in [-0.3, -0.25) is 0 Å². The molecule has 0 radical (unpaired) electrons. The Morgan fingerprint density at radius 3 is 2.65 bits per heavy atom. The fourth-order valence-corrected chi connectivity index (χ4v) is 4.34. The molecule has 8 heteroatoms. The third kappa shape index (κ3) is 3.13. The first-order valence-corrected chi connectivity index (χ1v) is 8.63. The fraction of sp³-hybridized carbons (Fsp3) is 0.583. The van der Waals surface area contributed by atoms with Crippen LogP contribution in [0.25, 0.3) is 0 Å². The van der Waals surface area contributed by atoms with Crippen molar-refractivity contribution in [1.82, 2.24) is 14.2 Å². The number of nitrogens with zero attached hydrogens (tertiary/aromatic N) is 3. The number of anilines is 1. The Bertz CT molecular complexity index is 585. The zero-order chi connectivity index (χ0) is 14.9. The van der Waals surface area contributed by atoms with Gasteiger partial charge in [0, 0.05) is 23.8 Å². The number of halogens is 1. The second-order valence-electron chi connectivity index (χ2n) is 5.09. The number of nitrogen functional groups attached to an aromatic ring is 1. The molecule has 1 aromatic heterocycles. The molecule has 0 spiro atoms. The number of hydrogen-bond acceptors (Lipinski definition) is 5. The van der Waals surface area contributed by atoms with Gasteiger partial charge in [0.1, 0.15) is 10.7 Å². The number of aromatic nitrogens is 1. The molecule has 1 fully saturated rings. The van der Waals surface area contributed by atoms with Crippen molar-refractivity contribution in [2.45, 2.75) is 23.8 Å². The van der Waals surface area contributed by atoms with Crippen LogP contribution in [0.2, 0.25) is 0 Å². The van der Waals surface area contributed by atoms with Crippen LogP contribution in [0.4, 0.5) is 5.82 Å². The van der Waals surface area contributed by atoms with Crippen LogP contribution in [0, 0.1) is 0 Å². The van der Waals surface area contributed by atoms with E-state index in [0.29, 0.717) is 4.47 Å². The van der Waals surface area contributed by atoms with E-state index in [-0.39, 0.29) is 16.8 Å². The second-order valence-corrected chi connectivity index (χ2v) is 7.97. The Morgan fingerprint density at radius 1 is 1.45 bits per heavy atom. The zero-order valence-corrected chi connectivity index (χ0v) is 14.0.